The highest BCUT2D eigenvalue weighted by atomic mass is 32.2. The molecule has 0 fully saturated rings. The molecular weight excluding hydrogens is 260 g/mol. The summed E-state index contributed by atoms with van der Waals surface area (Å²) in [5.41, 5.74) is 0. The van der Waals surface area contributed by atoms with Gasteiger partial charge in [-0.25, -0.2) is 13.6 Å². The molecule has 1 amide bonds. The second-order valence-electron chi connectivity index (χ2n) is 3.55. The lowest BCUT2D eigenvalue weighted by molar-refractivity contribution is 0.0777. The van der Waals surface area contributed by atoms with E-state index in [4.69, 9.17) is 5.14 Å². The number of carbonyl (C=O) groups is 1. The van der Waals surface area contributed by atoms with Crippen molar-refractivity contribution >= 4 is 27.3 Å². The van der Waals surface area contributed by atoms with Gasteiger partial charge in [0.1, 0.15) is 0 Å². The van der Waals surface area contributed by atoms with E-state index in [1.54, 1.807) is 11.8 Å². The summed E-state index contributed by atoms with van der Waals surface area (Å²) >= 11 is 1.16. The Morgan fingerprint density at radius 3 is 2.29 bits per heavy atom. The average Bonchev–Trinajstić information content (AvgIpc) is 2.61. The van der Waals surface area contributed by atoms with Crippen molar-refractivity contribution in [3.8, 4) is 0 Å². The molecule has 0 aliphatic rings. The number of rotatable bonds is 4. The first-order valence-electron chi connectivity index (χ1n) is 5.23. The summed E-state index contributed by atoms with van der Waals surface area (Å²) < 4.78 is 22.5. The van der Waals surface area contributed by atoms with Gasteiger partial charge in [-0.05, 0) is 26.8 Å². The van der Waals surface area contributed by atoms with Gasteiger partial charge in [-0.3, -0.25) is 4.79 Å². The summed E-state index contributed by atoms with van der Waals surface area (Å²) in [7, 11) is -3.75. The number of primary sulfonamides is 1. The van der Waals surface area contributed by atoms with Crippen molar-refractivity contribution in [2.24, 2.45) is 5.14 Å². The first-order chi connectivity index (χ1) is 7.81. The Morgan fingerprint density at radius 1 is 1.41 bits per heavy atom. The topological polar surface area (TPSA) is 80.5 Å². The normalized spacial score (nSPS) is 11.5. The molecule has 1 rings (SSSR count). The molecule has 0 radical (unpaired) electrons. The number of aryl methyl sites for hydroxylation is 1. The SMILES string of the molecule is CCN(CC)C(=O)c1cc(S(N)(=O)=O)c(C)s1. The van der Waals surface area contributed by atoms with E-state index in [-0.39, 0.29) is 10.8 Å². The van der Waals surface area contributed by atoms with Crippen molar-refractivity contribution in [2.75, 3.05) is 13.1 Å². The standard InChI is InChI=1S/C10H16N2O3S2/c1-4-12(5-2)10(13)8-6-9(7(3)16-8)17(11,14)15/h6H,4-5H2,1-3H3,(H2,11,14,15). The molecule has 0 aliphatic heterocycles. The van der Waals surface area contributed by atoms with Gasteiger partial charge in [0.2, 0.25) is 10.0 Å². The van der Waals surface area contributed by atoms with Gasteiger partial charge in [0.25, 0.3) is 5.91 Å². The molecule has 0 aliphatic carbocycles. The maximum absolute atomic E-state index is 12.0. The Hall–Kier alpha value is -0.920. The Balaban J connectivity index is 3.14. The number of sulfonamides is 1. The van der Waals surface area contributed by atoms with Crippen molar-refractivity contribution in [3.05, 3.63) is 15.8 Å². The summed E-state index contributed by atoms with van der Waals surface area (Å²) in [6, 6.07) is 1.36. The summed E-state index contributed by atoms with van der Waals surface area (Å²) in [6.45, 7) is 6.59. The van der Waals surface area contributed by atoms with E-state index >= 15 is 0 Å². The number of carbonyl (C=O) groups excluding carboxylic acids is 1. The molecule has 17 heavy (non-hydrogen) atoms. The highest BCUT2D eigenvalue weighted by molar-refractivity contribution is 7.89. The average molecular weight is 276 g/mol. The molecule has 0 unspecified atom stereocenters. The maximum atomic E-state index is 12.0. The molecule has 0 spiro atoms. The van der Waals surface area contributed by atoms with E-state index < -0.39 is 10.0 Å². The zero-order chi connectivity index (χ0) is 13.2. The van der Waals surface area contributed by atoms with Gasteiger partial charge in [0.15, 0.2) is 0 Å². The van der Waals surface area contributed by atoms with E-state index in [0.29, 0.717) is 22.8 Å². The third kappa shape index (κ3) is 3.05. The van der Waals surface area contributed by atoms with Crippen LogP contribution in [-0.4, -0.2) is 32.3 Å². The van der Waals surface area contributed by atoms with Crippen molar-refractivity contribution in [1.82, 2.24) is 4.90 Å². The summed E-state index contributed by atoms with van der Waals surface area (Å²) in [4.78, 5) is 14.6. The molecule has 0 atom stereocenters. The molecule has 96 valence electrons. The third-order valence-corrected chi connectivity index (χ3v) is 4.64. The van der Waals surface area contributed by atoms with Crippen LogP contribution in [0.3, 0.4) is 0 Å². The van der Waals surface area contributed by atoms with Crippen molar-refractivity contribution < 1.29 is 13.2 Å². The highest BCUT2D eigenvalue weighted by Gasteiger charge is 2.21. The van der Waals surface area contributed by atoms with Crippen LogP contribution in [0.2, 0.25) is 0 Å². The minimum absolute atomic E-state index is 0.0398. The predicted molar refractivity (Wildman–Crippen MR) is 67.7 cm³/mol. The van der Waals surface area contributed by atoms with Crippen LogP contribution >= 0.6 is 11.3 Å². The lowest BCUT2D eigenvalue weighted by Gasteiger charge is -2.17. The van der Waals surface area contributed by atoms with Crippen LogP contribution in [0.1, 0.15) is 28.4 Å². The minimum atomic E-state index is -3.75. The molecule has 0 saturated carbocycles. The van der Waals surface area contributed by atoms with E-state index in [1.165, 1.54) is 6.07 Å². The third-order valence-electron chi connectivity index (χ3n) is 2.44. The molecule has 7 heteroatoms. The second-order valence-corrected chi connectivity index (χ2v) is 6.34. The van der Waals surface area contributed by atoms with Crippen LogP contribution in [0.25, 0.3) is 0 Å². The number of amides is 1. The minimum Gasteiger partial charge on any atom is -0.339 e. The predicted octanol–water partition coefficient (Wildman–Crippen LogP) is 1.19. The van der Waals surface area contributed by atoms with Crippen molar-refractivity contribution in [3.63, 3.8) is 0 Å². The van der Waals surface area contributed by atoms with Crippen LogP contribution in [0, 0.1) is 6.92 Å². The Labute approximate surface area is 105 Å². The lowest BCUT2D eigenvalue weighted by Crippen LogP contribution is -2.29. The zero-order valence-corrected chi connectivity index (χ0v) is 11.7. The Kier molecular flexibility index (Phi) is 4.29. The molecule has 0 aromatic carbocycles. The number of thiophene rings is 1. The fraction of sp³-hybridized carbons (Fsp3) is 0.500. The molecule has 5 nitrogen and oxygen atoms in total. The largest absolute Gasteiger partial charge is 0.339 e. The van der Waals surface area contributed by atoms with Gasteiger partial charge in [-0.2, -0.15) is 0 Å². The fourth-order valence-corrected chi connectivity index (χ4v) is 3.63. The number of hydrogen-bond acceptors (Lipinski definition) is 4. The zero-order valence-electron chi connectivity index (χ0n) is 10.1. The van der Waals surface area contributed by atoms with Crippen molar-refractivity contribution in [1.29, 1.82) is 0 Å². The van der Waals surface area contributed by atoms with E-state index in [9.17, 15) is 13.2 Å². The quantitative estimate of drug-likeness (QED) is 0.896. The van der Waals surface area contributed by atoms with Gasteiger partial charge in [0, 0.05) is 18.0 Å². The van der Waals surface area contributed by atoms with Gasteiger partial charge < -0.3 is 4.90 Å². The molecule has 1 heterocycles. The van der Waals surface area contributed by atoms with Crippen LogP contribution in [-0.2, 0) is 10.0 Å². The fourth-order valence-electron chi connectivity index (χ4n) is 1.52. The second kappa shape index (κ2) is 5.16. The molecule has 0 bridgehead atoms. The molecule has 1 aromatic heterocycles. The van der Waals surface area contributed by atoms with Crippen molar-refractivity contribution in [2.45, 2.75) is 25.7 Å². The molecular formula is C10H16N2O3S2. The van der Waals surface area contributed by atoms with E-state index in [1.807, 2.05) is 13.8 Å². The lowest BCUT2D eigenvalue weighted by atomic mass is 10.3. The first kappa shape index (κ1) is 14.1. The number of hydrogen-bond donors (Lipinski definition) is 1. The first-order valence-corrected chi connectivity index (χ1v) is 7.60. The van der Waals surface area contributed by atoms with Crippen LogP contribution in [0.15, 0.2) is 11.0 Å². The van der Waals surface area contributed by atoms with E-state index in [2.05, 4.69) is 0 Å². The Bertz CT molecular complexity index is 516. The van der Waals surface area contributed by atoms with Gasteiger partial charge in [-0.1, -0.05) is 0 Å². The molecule has 0 saturated heterocycles. The number of nitrogens with two attached hydrogens (primary N) is 1. The van der Waals surface area contributed by atoms with Crippen LogP contribution in [0.4, 0.5) is 0 Å². The van der Waals surface area contributed by atoms with Gasteiger partial charge in [0.05, 0.1) is 9.77 Å². The summed E-state index contributed by atoms with van der Waals surface area (Å²) in [5.74, 6) is -0.155. The molecule has 1 aromatic rings. The summed E-state index contributed by atoms with van der Waals surface area (Å²) in [5, 5.41) is 5.07. The maximum Gasteiger partial charge on any atom is 0.263 e. The van der Waals surface area contributed by atoms with Crippen LogP contribution < -0.4 is 5.14 Å². The van der Waals surface area contributed by atoms with Gasteiger partial charge >= 0.3 is 0 Å². The number of nitrogens with zero attached hydrogens (tertiary/aromatic N) is 1. The Morgan fingerprint density at radius 2 is 1.94 bits per heavy atom. The summed E-state index contributed by atoms with van der Waals surface area (Å²) in [6.07, 6.45) is 0. The highest BCUT2D eigenvalue weighted by Crippen LogP contribution is 2.25. The molecule has 2 N–H and O–H groups in total. The van der Waals surface area contributed by atoms with E-state index in [0.717, 1.165) is 11.3 Å². The monoisotopic (exact) mass is 276 g/mol. The van der Waals surface area contributed by atoms with Gasteiger partial charge in [-0.15, -0.1) is 11.3 Å². The van der Waals surface area contributed by atoms with Crippen LogP contribution in [0.5, 0.6) is 0 Å². The smallest absolute Gasteiger partial charge is 0.263 e.